The molecule has 0 radical (unpaired) electrons. The lowest BCUT2D eigenvalue weighted by atomic mass is 9.99. The minimum atomic E-state index is 0.0583. The number of hydrogen-bond acceptors (Lipinski definition) is 4. The van der Waals surface area contributed by atoms with Crippen molar-refractivity contribution < 1.29 is 9.21 Å². The summed E-state index contributed by atoms with van der Waals surface area (Å²) in [6.07, 6.45) is 2.77. The van der Waals surface area contributed by atoms with Crippen LogP contribution in [0.3, 0.4) is 0 Å². The highest BCUT2D eigenvalue weighted by atomic mass is 16.3. The number of fused-ring (bicyclic) bond motifs is 1. The van der Waals surface area contributed by atoms with Crippen LogP contribution in [-0.4, -0.2) is 24.0 Å². The molecule has 1 aliphatic rings. The molecule has 1 aromatic heterocycles. The van der Waals surface area contributed by atoms with Crippen molar-refractivity contribution in [1.29, 1.82) is 0 Å². The summed E-state index contributed by atoms with van der Waals surface area (Å²) in [7, 11) is 0. The van der Waals surface area contributed by atoms with Crippen molar-refractivity contribution in [2.24, 2.45) is 5.92 Å². The van der Waals surface area contributed by atoms with E-state index < -0.39 is 0 Å². The monoisotopic (exact) mass is 273 g/mol. The number of nitrogens with zero attached hydrogens (tertiary/aromatic N) is 1. The topological polar surface area (TPSA) is 67.2 Å². The fraction of sp³-hybridized carbons (Fsp3) is 0.467. The Morgan fingerprint density at radius 3 is 3.20 bits per heavy atom. The van der Waals surface area contributed by atoms with Gasteiger partial charge < -0.3 is 15.1 Å². The van der Waals surface area contributed by atoms with E-state index in [1.54, 1.807) is 0 Å². The van der Waals surface area contributed by atoms with E-state index in [-0.39, 0.29) is 11.8 Å². The van der Waals surface area contributed by atoms with E-state index in [1.165, 1.54) is 0 Å². The Labute approximate surface area is 117 Å². The van der Waals surface area contributed by atoms with Crippen LogP contribution in [0.15, 0.2) is 22.6 Å². The van der Waals surface area contributed by atoms with Gasteiger partial charge in [-0.1, -0.05) is 6.92 Å². The first-order valence-electron chi connectivity index (χ1n) is 7.17. The van der Waals surface area contributed by atoms with Crippen LogP contribution in [-0.2, 0) is 11.2 Å². The first-order chi connectivity index (χ1) is 9.76. The van der Waals surface area contributed by atoms with Crippen LogP contribution < -0.4 is 10.6 Å². The standard InChI is InChI=1S/C15H19N3O2/c1-2-14-18-12-8-11(5-6-13(12)20-14)17-15(19)10-4-3-7-16-9-10/h5-6,8,10,16H,2-4,7,9H2,1H3,(H,17,19). The van der Waals surface area contributed by atoms with Gasteiger partial charge in [-0.25, -0.2) is 4.98 Å². The van der Waals surface area contributed by atoms with Crippen LogP contribution >= 0.6 is 0 Å². The highest BCUT2D eigenvalue weighted by Gasteiger charge is 2.21. The maximum atomic E-state index is 12.2. The third-order valence-electron chi connectivity index (χ3n) is 3.67. The average molecular weight is 273 g/mol. The van der Waals surface area contributed by atoms with Gasteiger partial charge in [0, 0.05) is 18.7 Å². The van der Waals surface area contributed by atoms with Gasteiger partial charge in [0.2, 0.25) is 5.91 Å². The molecule has 0 aliphatic carbocycles. The second kappa shape index (κ2) is 5.63. The van der Waals surface area contributed by atoms with Gasteiger partial charge in [0.25, 0.3) is 0 Å². The lowest BCUT2D eigenvalue weighted by Crippen LogP contribution is -2.37. The molecule has 0 spiro atoms. The molecule has 1 unspecified atom stereocenters. The number of aromatic nitrogens is 1. The van der Waals surface area contributed by atoms with E-state index in [0.29, 0.717) is 0 Å². The van der Waals surface area contributed by atoms with E-state index in [1.807, 2.05) is 25.1 Å². The summed E-state index contributed by atoms with van der Waals surface area (Å²) in [6.45, 7) is 3.77. The summed E-state index contributed by atoms with van der Waals surface area (Å²) >= 11 is 0. The number of anilines is 1. The number of hydrogen-bond donors (Lipinski definition) is 2. The minimum absolute atomic E-state index is 0.0583. The number of carbonyl (C=O) groups excluding carboxylic acids is 1. The van der Waals surface area contributed by atoms with E-state index in [2.05, 4.69) is 15.6 Å². The largest absolute Gasteiger partial charge is 0.441 e. The molecular formula is C15H19N3O2. The fourth-order valence-corrected chi connectivity index (χ4v) is 2.52. The number of carbonyl (C=O) groups is 1. The number of aryl methyl sites for hydroxylation is 1. The number of oxazole rings is 1. The zero-order valence-electron chi connectivity index (χ0n) is 11.6. The zero-order valence-corrected chi connectivity index (χ0v) is 11.6. The summed E-state index contributed by atoms with van der Waals surface area (Å²) in [5.41, 5.74) is 2.34. The Kier molecular flexibility index (Phi) is 3.69. The van der Waals surface area contributed by atoms with Gasteiger partial charge in [0.15, 0.2) is 11.5 Å². The summed E-state index contributed by atoms with van der Waals surface area (Å²) in [5.74, 6) is 0.860. The summed E-state index contributed by atoms with van der Waals surface area (Å²) < 4.78 is 5.56. The second-order valence-electron chi connectivity index (χ2n) is 5.18. The molecule has 0 saturated carbocycles. The number of amides is 1. The van der Waals surface area contributed by atoms with E-state index in [4.69, 9.17) is 4.42 Å². The van der Waals surface area contributed by atoms with Crippen molar-refractivity contribution in [2.45, 2.75) is 26.2 Å². The predicted molar refractivity (Wildman–Crippen MR) is 77.6 cm³/mol. The van der Waals surface area contributed by atoms with Crippen molar-refractivity contribution in [3.63, 3.8) is 0 Å². The highest BCUT2D eigenvalue weighted by molar-refractivity contribution is 5.94. The van der Waals surface area contributed by atoms with E-state index in [9.17, 15) is 4.79 Å². The molecule has 2 N–H and O–H groups in total. The number of nitrogens with one attached hydrogen (secondary N) is 2. The molecule has 1 aliphatic heterocycles. The lowest BCUT2D eigenvalue weighted by molar-refractivity contribution is -0.120. The van der Waals surface area contributed by atoms with E-state index in [0.717, 1.165) is 55.0 Å². The summed E-state index contributed by atoms with van der Waals surface area (Å²) in [5, 5.41) is 6.22. The first-order valence-corrected chi connectivity index (χ1v) is 7.17. The number of piperidine rings is 1. The normalized spacial score (nSPS) is 19.1. The lowest BCUT2D eigenvalue weighted by Gasteiger charge is -2.21. The maximum absolute atomic E-state index is 12.2. The molecule has 5 nitrogen and oxygen atoms in total. The van der Waals surface area contributed by atoms with Crippen molar-refractivity contribution in [1.82, 2.24) is 10.3 Å². The van der Waals surface area contributed by atoms with Gasteiger partial charge in [0.05, 0.1) is 5.92 Å². The van der Waals surface area contributed by atoms with Gasteiger partial charge in [-0.2, -0.15) is 0 Å². The van der Waals surface area contributed by atoms with Crippen LogP contribution in [0, 0.1) is 5.92 Å². The Hall–Kier alpha value is -1.88. The summed E-state index contributed by atoms with van der Waals surface area (Å²) in [4.78, 5) is 16.6. The Bertz CT molecular complexity index is 615. The molecule has 1 atom stereocenters. The summed E-state index contributed by atoms with van der Waals surface area (Å²) in [6, 6.07) is 5.59. The second-order valence-corrected chi connectivity index (χ2v) is 5.18. The third-order valence-corrected chi connectivity index (χ3v) is 3.67. The molecule has 20 heavy (non-hydrogen) atoms. The maximum Gasteiger partial charge on any atom is 0.228 e. The molecule has 5 heteroatoms. The van der Waals surface area contributed by atoms with Crippen molar-refractivity contribution >= 4 is 22.7 Å². The molecule has 1 saturated heterocycles. The van der Waals surface area contributed by atoms with Crippen LogP contribution in [0.5, 0.6) is 0 Å². The van der Waals surface area contributed by atoms with Crippen molar-refractivity contribution in [2.75, 3.05) is 18.4 Å². The first kappa shape index (κ1) is 13.1. The smallest absolute Gasteiger partial charge is 0.228 e. The molecule has 2 aromatic rings. The number of benzene rings is 1. The minimum Gasteiger partial charge on any atom is -0.441 e. The van der Waals surface area contributed by atoms with Crippen LogP contribution in [0.4, 0.5) is 5.69 Å². The van der Waals surface area contributed by atoms with Crippen molar-refractivity contribution in [3.05, 3.63) is 24.1 Å². The number of rotatable bonds is 3. The van der Waals surface area contributed by atoms with E-state index >= 15 is 0 Å². The quantitative estimate of drug-likeness (QED) is 0.900. The van der Waals surface area contributed by atoms with Gasteiger partial charge in [-0.15, -0.1) is 0 Å². The van der Waals surface area contributed by atoms with Crippen LogP contribution in [0.1, 0.15) is 25.7 Å². The van der Waals surface area contributed by atoms with Gasteiger partial charge in [0.1, 0.15) is 5.52 Å². The molecule has 1 aromatic carbocycles. The van der Waals surface area contributed by atoms with Crippen LogP contribution in [0.2, 0.25) is 0 Å². The van der Waals surface area contributed by atoms with Gasteiger partial charge in [-0.05, 0) is 37.6 Å². The van der Waals surface area contributed by atoms with Crippen molar-refractivity contribution in [3.8, 4) is 0 Å². The SMILES string of the molecule is CCc1nc2cc(NC(=O)C3CCCNC3)ccc2o1. The third kappa shape index (κ3) is 2.67. The molecule has 106 valence electrons. The molecule has 0 bridgehead atoms. The molecule has 1 fully saturated rings. The molecule has 2 heterocycles. The molecule has 3 rings (SSSR count). The predicted octanol–water partition coefficient (Wildman–Crippen LogP) is 2.33. The Morgan fingerprint density at radius 1 is 1.55 bits per heavy atom. The average Bonchev–Trinajstić information content (AvgIpc) is 2.90. The molecular weight excluding hydrogens is 254 g/mol. The molecule has 1 amide bonds. The zero-order chi connectivity index (χ0) is 13.9. The van der Waals surface area contributed by atoms with Gasteiger partial charge in [-0.3, -0.25) is 4.79 Å². The highest BCUT2D eigenvalue weighted by Crippen LogP contribution is 2.21. The van der Waals surface area contributed by atoms with Gasteiger partial charge >= 0.3 is 0 Å². The fourth-order valence-electron chi connectivity index (χ4n) is 2.52. The Morgan fingerprint density at radius 2 is 2.45 bits per heavy atom. The van der Waals surface area contributed by atoms with Crippen LogP contribution in [0.25, 0.3) is 11.1 Å². The Balaban J connectivity index is 1.74.